The predicted molar refractivity (Wildman–Crippen MR) is 90.1 cm³/mol. The van der Waals surface area contributed by atoms with Crippen LogP contribution in [0.2, 0.25) is 0 Å². The van der Waals surface area contributed by atoms with Crippen molar-refractivity contribution in [2.45, 2.75) is 23.9 Å². The molecule has 1 atom stereocenters. The molecule has 3 N–H and O–H groups in total. The van der Waals surface area contributed by atoms with Crippen LogP contribution in [0.3, 0.4) is 0 Å². The van der Waals surface area contributed by atoms with Crippen molar-refractivity contribution in [3.8, 4) is 0 Å². The summed E-state index contributed by atoms with van der Waals surface area (Å²) in [6.07, 6.45) is 2.54. The van der Waals surface area contributed by atoms with E-state index in [-0.39, 0.29) is 17.3 Å². The van der Waals surface area contributed by atoms with Crippen LogP contribution in [0, 0.1) is 0 Å². The highest BCUT2D eigenvalue weighted by molar-refractivity contribution is 7.98. The summed E-state index contributed by atoms with van der Waals surface area (Å²) in [6.45, 7) is 0.134. The number of nitrogens with two attached hydrogens (primary N) is 1. The van der Waals surface area contributed by atoms with E-state index in [1.165, 1.54) is 20.2 Å². The molecule has 0 saturated carbocycles. The molecule has 1 aromatic rings. The molecule has 1 amide bonds. The third-order valence-corrected chi connectivity index (χ3v) is 5.71. The Bertz CT molecular complexity index is 603. The number of rotatable bonds is 8. The SMILES string of the molecule is CSCCC(N)C(=O)NCc1ccccc1S(=O)(=O)N(C)C. The van der Waals surface area contributed by atoms with Crippen LogP contribution in [0.4, 0.5) is 0 Å². The Hall–Kier alpha value is -1.09. The standard InChI is InChI=1S/C14H23N3O3S2/c1-17(2)22(19,20)13-7-5-4-6-11(13)10-16-14(18)12(15)8-9-21-3/h4-7,12H,8-10,15H2,1-3H3,(H,16,18). The van der Waals surface area contributed by atoms with Gasteiger partial charge in [-0.05, 0) is 30.1 Å². The zero-order valence-corrected chi connectivity index (χ0v) is 14.7. The molecule has 0 heterocycles. The molecule has 1 aromatic carbocycles. The highest BCUT2D eigenvalue weighted by atomic mass is 32.2. The molecule has 0 spiro atoms. The number of hydrogen-bond donors (Lipinski definition) is 2. The van der Waals surface area contributed by atoms with Gasteiger partial charge in [0.1, 0.15) is 0 Å². The fourth-order valence-corrected chi connectivity index (χ4v) is 3.39. The van der Waals surface area contributed by atoms with Gasteiger partial charge >= 0.3 is 0 Å². The van der Waals surface area contributed by atoms with Crippen LogP contribution >= 0.6 is 11.8 Å². The number of amides is 1. The molecule has 1 unspecified atom stereocenters. The molecule has 0 aliphatic rings. The summed E-state index contributed by atoms with van der Waals surface area (Å²) in [5, 5.41) is 2.70. The summed E-state index contributed by atoms with van der Waals surface area (Å²) in [7, 11) is -0.592. The Morgan fingerprint density at radius 1 is 1.36 bits per heavy atom. The van der Waals surface area contributed by atoms with Crippen LogP contribution in [0.15, 0.2) is 29.2 Å². The average molecular weight is 345 g/mol. The monoisotopic (exact) mass is 345 g/mol. The molecule has 0 radical (unpaired) electrons. The zero-order valence-electron chi connectivity index (χ0n) is 13.1. The van der Waals surface area contributed by atoms with Crippen molar-refractivity contribution < 1.29 is 13.2 Å². The molecular weight excluding hydrogens is 322 g/mol. The van der Waals surface area contributed by atoms with Gasteiger partial charge in [-0.3, -0.25) is 4.79 Å². The second-order valence-electron chi connectivity index (χ2n) is 5.00. The van der Waals surface area contributed by atoms with Crippen molar-refractivity contribution >= 4 is 27.7 Å². The number of nitrogens with one attached hydrogen (secondary N) is 1. The van der Waals surface area contributed by atoms with Crippen molar-refractivity contribution in [1.29, 1.82) is 0 Å². The first kappa shape index (κ1) is 19.0. The Balaban J connectivity index is 2.82. The van der Waals surface area contributed by atoms with Gasteiger partial charge in [0.2, 0.25) is 15.9 Å². The fraction of sp³-hybridized carbons (Fsp3) is 0.500. The first-order chi connectivity index (χ1) is 10.3. The lowest BCUT2D eigenvalue weighted by Crippen LogP contribution is -2.40. The number of thioether (sulfide) groups is 1. The summed E-state index contributed by atoms with van der Waals surface area (Å²) >= 11 is 1.63. The normalized spacial score (nSPS) is 13.1. The number of benzene rings is 1. The summed E-state index contributed by atoms with van der Waals surface area (Å²) in [6, 6.07) is 6.04. The maximum atomic E-state index is 12.3. The van der Waals surface area contributed by atoms with Gasteiger partial charge in [-0.2, -0.15) is 11.8 Å². The molecule has 1 rings (SSSR count). The number of sulfonamides is 1. The highest BCUT2D eigenvalue weighted by Gasteiger charge is 2.21. The summed E-state index contributed by atoms with van der Waals surface area (Å²) in [4.78, 5) is 12.1. The lowest BCUT2D eigenvalue weighted by atomic mass is 10.2. The fourth-order valence-electron chi connectivity index (χ4n) is 1.79. The van der Waals surface area contributed by atoms with Crippen LogP contribution in [-0.4, -0.2) is 50.8 Å². The average Bonchev–Trinajstić information content (AvgIpc) is 2.50. The van der Waals surface area contributed by atoms with Gasteiger partial charge in [-0.25, -0.2) is 12.7 Å². The van der Waals surface area contributed by atoms with E-state index in [9.17, 15) is 13.2 Å². The van der Waals surface area contributed by atoms with Crippen molar-refractivity contribution in [2.24, 2.45) is 5.73 Å². The summed E-state index contributed by atoms with van der Waals surface area (Å²) in [5.74, 6) is 0.534. The number of carbonyl (C=O) groups is 1. The van der Waals surface area contributed by atoms with Gasteiger partial charge in [0.15, 0.2) is 0 Å². The lowest BCUT2D eigenvalue weighted by molar-refractivity contribution is -0.122. The molecule has 0 aliphatic heterocycles. The predicted octanol–water partition coefficient (Wildman–Crippen LogP) is 0.634. The minimum Gasteiger partial charge on any atom is -0.351 e. The third-order valence-electron chi connectivity index (χ3n) is 3.15. The Morgan fingerprint density at radius 3 is 2.59 bits per heavy atom. The molecule has 6 nitrogen and oxygen atoms in total. The molecule has 124 valence electrons. The second-order valence-corrected chi connectivity index (χ2v) is 8.11. The van der Waals surface area contributed by atoms with E-state index in [1.807, 2.05) is 6.26 Å². The lowest BCUT2D eigenvalue weighted by Gasteiger charge is -2.16. The molecular formula is C14H23N3O3S2. The molecule has 22 heavy (non-hydrogen) atoms. The minimum atomic E-state index is -3.54. The van der Waals surface area contributed by atoms with Crippen LogP contribution in [0.1, 0.15) is 12.0 Å². The Labute approximate surface area is 136 Å². The van der Waals surface area contributed by atoms with Gasteiger partial charge in [0.25, 0.3) is 0 Å². The van der Waals surface area contributed by atoms with E-state index in [4.69, 9.17) is 5.73 Å². The van der Waals surface area contributed by atoms with E-state index >= 15 is 0 Å². The maximum absolute atomic E-state index is 12.3. The van der Waals surface area contributed by atoms with Gasteiger partial charge in [0.05, 0.1) is 10.9 Å². The third kappa shape index (κ3) is 4.98. The van der Waals surface area contributed by atoms with Crippen LogP contribution in [0.25, 0.3) is 0 Å². The Morgan fingerprint density at radius 2 is 2.00 bits per heavy atom. The van der Waals surface area contributed by atoms with Crippen LogP contribution < -0.4 is 11.1 Å². The van der Waals surface area contributed by atoms with E-state index in [1.54, 1.807) is 30.0 Å². The summed E-state index contributed by atoms with van der Waals surface area (Å²) in [5.41, 5.74) is 6.33. The van der Waals surface area contributed by atoms with E-state index in [0.717, 1.165) is 10.1 Å². The molecule has 0 aliphatic carbocycles. The van der Waals surface area contributed by atoms with Crippen molar-refractivity contribution in [3.63, 3.8) is 0 Å². The molecule has 0 fully saturated rings. The molecule has 0 saturated heterocycles. The maximum Gasteiger partial charge on any atom is 0.242 e. The molecule has 8 heteroatoms. The van der Waals surface area contributed by atoms with E-state index in [2.05, 4.69) is 5.32 Å². The van der Waals surface area contributed by atoms with Gasteiger partial charge in [0, 0.05) is 20.6 Å². The smallest absolute Gasteiger partial charge is 0.242 e. The zero-order chi connectivity index (χ0) is 16.8. The topological polar surface area (TPSA) is 92.5 Å². The number of carbonyl (C=O) groups excluding carboxylic acids is 1. The Kier molecular flexibility index (Phi) is 7.34. The van der Waals surface area contributed by atoms with E-state index in [0.29, 0.717) is 12.0 Å². The quantitative estimate of drug-likeness (QED) is 0.721. The van der Waals surface area contributed by atoms with Crippen LogP contribution in [-0.2, 0) is 21.4 Å². The second kappa shape index (κ2) is 8.52. The number of nitrogens with zero attached hydrogens (tertiary/aromatic N) is 1. The largest absolute Gasteiger partial charge is 0.351 e. The van der Waals surface area contributed by atoms with Gasteiger partial charge in [-0.1, -0.05) is 18.2 Å². The molecule has 0 aromatic heterocycles. The first-order valence-electron chi connectivity index (χ1n) is 6.83. The molecule has 0 bridgehead atoms. The number of hydrogen-bond acceptors (Lipinski definition) is 5. The van der Waals surface area contributed by atoms with E-state index < -0.39 is 16.1 Å². The van der Waals surface area contributed by atoms with Gasteiger partial charge in [-0.15, -0.1) is 0 Å². The van der Waals surface area contributed by atoms with Gasteiger partial charge < -0.3 is 11.1 Å². The highest BCUT2D eigenvalue weighted by Crippen LogP contribution is 2.18. The minimum absolute atomic E-state index is 0.134. The van der Waals surface area contributed by atoms with Crippen molar-refractivity contribution in [3.05, 3.63) is 29.8 Å². The first-order valence-corrected chi connectivity index (χ1v) is 9.66. The summed E-state index contributed by atoms with van der Waals surface area (Å²) < 4.78 is 25.7. The van der Waals surface area contributed by atoms with Crippen molar-refractivity contribution in [2.75, 3.05) is 26.1 Å². The van der Waals surface area contributed by atoms with Crippen molar-refractivity contribution in [1.82, 2.24) is 9.62 Å². The van der Waals surface area contributed by atoms with Crippen LogP contribution in [0.5, 0.6) is 0 Å².